The van der Waals surface area contributed by atoms with E-state index < -0.39 is 12.1 Å². The van der Waals surface area contributed by atoms with Crippen molar-refractivity contribution in [1.29, 1.82) is 0 Å². The van der Waals surface area contributed by atoms with Crippen molar-refractivity contribution in [2.24, 2.45) is 0 Å². The summed E-state index contributed by atoms with van der Waals surface area (Å²) in [4.78, 5) is 22.0. The number of nitrogens with one attached hydrogen (secondary N) is 1. The van der Waals surface area contributed by atoms with Crippen molar-refractivity contribution >= 4 is 11.9 Å². The summed E-state index contributed by atoms with van der Waals surface area (Å²) >= 11 is 0. The van der Waals surface area contributed by atoms with Crippen molar-refractivity contribution in [3.63, 3.8) is 0 Å². The highest BCUT2D eigenvalue weighted by molar-refractivity contribution is 5.75. The van der Waals surface area contributed by atoms with Gasteiger partial charge in [0.05, 0.1) is 26.6 Å². The fourth-order valence-electron chi connectivity index (χ4n) is 2.00. The Hall–Kier alpha value is -1.17. The number of amides is 1. The minimum absolute atomic E-state index is 0.0471. The quantitative estimate of drug-likeness (QED) is 0.438. The minimum Gasteiger partial charge on any atom is -0.544 e. The summed E-state index contributed by atoms with van der Waals surface area (Å²) in [5.74, 6) is -1.22. The van der Waals surface area contributed by atoms with Gasteiger partial charge in [-0.2, -0.15) is 0 Å². The summed E-state index contributed by atoms with van der Waals surface area (Å²) < 4.78 is 13.5. The van der Waals surface area contributed by atoms with Crippen LogP contribution in [0.3, 0.4) is 0 Å². The molecule has 118 valence electrons. The molecule has 1 atom stereocenters. The molecule has 1 unspecified atom stereocenters. The number of rotatable bonds is 11. The average molecular weight is 290 g/mol. The molecule has 0 aliphatic heterocycles. The van der Waals surface area contributed by atoms with E-state index >= 15 is 0 Å². The summed E-state index contributed by atoms with van der Waals surface area (Å²) in [5.41, 5.74) is 0. The summed E-state index contributed by atoms with van der Waals surface area (Å²) in [5, 5.41) is 13.3. The number of alkyl halides is 1. The number of carbonyl (C=O) groups is 2. The molecular weight excluding hydrogens is 263 g/mol. The maximum absolute atomic E-state index is 13.2. The first-order valence-electron chi connectivity index (χ1n) is 7.19. The number of likely N-dealkylation sites (N-methyl/N-ethyl adjacent to an activating group) is 1. The van der Waals surface area contributed by atoms with Crippen LogP contribution in [0.25, 0.3) is 0 Å². The zero-order chi connectivity index (χ0) is 15.6. The summed E-state index contributed by atoms with van der Waals surface area (Å²) in [6.07, 6.45) is 1.55. The molecule has 0 aliphatic rings. The summed E-state index contributed by atoms with van der Waals surface area (Å²) in [6.45, 7) is 2.99. The molecule has 1 amide bonds. The molecule has 0 saturated heterocycles. The average Bonchev–Trinajstić information content (AvgIpc) is 2.31. The Labute approximate surface area is 120 Å². The SMILES string of the molecule is CCCC(F)CCC(=O)NCCC[N+](C)(C)CC(=O)[O-]. The largest absolute Gasteiger partial charge is 0.544 e. The molecule has 0 aromatic carbocycles. The van der Waals surface area contributed by atoms with Crippen LogP contribution >= 0.6 is 0 Å². The van der Waals surface area contributed by atoms with E-state index in [0.717, 1.165) is 6.42 Å². The van der Waals surface area contributed by atoms with E-state index in [4.69, 9.17) is 0 Å². The third-order valence-corrected chi connectivity index (χ3v) is 3.11. The number of aliphatic carboxylic acids is 1. The molecule has 0 heterocycles. The third kappa shape index (κ3) is 10.7. The third-order valence-electron chi connectivity index (χ3n) is 3.11. The number of hydrogen-bond donors (Lipinski definition) is 1. The monoisotopic (exact) mass is 290 g/mol. The molecule has 1 N–H and O–H groups in total. The molecule has 0 bridgehead atoms. The molecule has 0 spiro atoms. The first-order valence-corrected chi connectivity index (χ1v) is 7.19. The maximum atomic E-state index is 13.2. The van der Waals surface area contributed by atoms with E-state index in [1.54, 1.807) is 14.1 Å². The molecule has 6 heteroatoms. The van der Waals surface area contributed by atoms with Gasteiger partial charge in [0.25, 0.3) is 0 Å². The van der Waals surface area contributed by atoms with E-state index in [9.17, 15) is 19.1 Å². The van der Waals surface area contributed by atoms with Crippen LogP contribution in [0.15, 0.2) is 0 Å². The molecule has 0 fully saturated rings. The second-order valence-electron chi connectivity index (χ2n) is 5.82. The van der Waals surface area contributed by atoms with Crippen LogP contribution in [0.2, 0.25) is 0 Å². The highest BCUT2D eigenvalue weighted by Crippen LogP contribution is 2.08. The fraction of sp³-hybridized carbons (Fsp3) is 0.857. The van der Waals surface area contributed by atoms with Crippen molar-refractivity contribution in [3.8, 4) is 0 Å². The molecular formula is C14H27FN2O3. The predicted octanol–water partition coefficient (Wildman–Crippen LogP) is 0.237. The smallest absolute Gasteiger partial charge is 0.220 e. The Kier molecular flexibility index (Phi) is 9.12. The van der Waals surface area contributed by atoms with E-state index in [2.05, 4.69) is 5.32 Å². The number of carboxylic acids is 1. The van der Waals surface area contributed by atoms with Crippen molar-refractivity contribution in [2.45, 2.75) is 45.2 Å². The van der Waals surface area contributed by atoms with Gasteiger partial charge < -0.3 is 19.7 Å². The van der Waals surface area contributed by atoms with Crippen molar-refractivity contribution < 1.29 is 23.6 Å². The molecule has 0 saturated carbocycles. The molecule has 0 rings (SSSR count). The van der Waals surface area contributed by atoms with Gasteiger partial charge in [0.15, 0.2) is 0 Å². The zero-order valence-electron chi connectivity index (χ0n) is 12.8. The lowest BCUT2D eigenvalue weighted by Gasteiger charge is -2.30. The Bertz CT molecular complexity index is 309. The van der Waals surface area contributed by atoms with Crippen LogP contribution in [0.1, 0.15) is 39.0 Å². The summed E-state index contributed by atoms with van der Waals surface area (Å²) in [7, 11) is 3.60. The van der Waals surface area contributed by atoms with Gasteiger partial charge in [0.2, 0.25) is 5.91 Å². The number of carboxylic acid groups (broad SMARTS) is 1. The van der Waals surface area contributed by atoms with Gasteiger partial charge >= 0.3 is 0 Å². The first-order chi connectivity index (χ1) is 9.26. The summed E-state index contributed by atoms with van der Waals surface area (Å²) in [6, 6.07) is 0. The predicted molar refractivity (Wildman–Crippen MR) is 73.5 cm³/mol. The minimum atomic E-state index is -1.08. The van der Waals surface area contributed by atoms with Crippen LogP contribution in [0.5, 0.6) is 0 Å². The van der Waals surface area contributed by atoms with Crippen molar-refractivity contribution in [3.05, 3.63) is 0 Å². The van der Waals surface area contributed by atoms with Crippen LogP contribution < -0.4 is 10.4 Å². The van der Waals surface area contributed by atoms with E-state index in [1.165, 1.54) is 0 Å². The van der Waals surface area contributed by atoms with Gasteiger partial charge in [-0.05, 0) is 12.8 Å². The van der Waals surface area contributed by atoms with Crippen LogP contribution in [0, 0.1) is 0 Å². The second kappa shape index (κ2) is 9.69. The lowest BCUT2D eigenvalue weighted by atomic mass is 10.1. The van der Waals surface area contributed by atoms with E-state index in [-0.39, 0.29) is 25.3 Å². The fourth-order valence-corrected chi connectivity index (χ4v) is 2.00. The van der Waals surface area contributed by atoms with Gasteiger partial charge in [-0.1, -0.05) is 13.3 Å². The van der Waals surface area contributed by atoms with Crippen LogP contribution in [0.4, 0.5) is 4.39 Å². The number of halogens is 1. The highest BCUT2D eigenvalue weighted by atomic mass is 19.1. The second-order valence-corrected chi connectivity index (χ2v) is 5.82. The van der Waals surface area contributed by atoms with Crippen LogP contribution in [-0.4, -0.2) is 56.3 Å². The van der Waals surface area contributed by atoms with Crippen LogP contribution in [-0.2, 0) is 9.59 Å². The number of hydrogen-bond acceptors (Lipinski definition) is 3. The molecule has 20 heavy (non-hydrogen) atoms. The van der Waals surface area contributed by atoms with Crippen molar-refractivity contribution in [1.82, 2.24) is 5.32 Å². The van der Waals surface area contributed by atoms with Gasteiger partial charge in [-0.25, -0.2) is 4.39 Å². The van der Waals surface area contributed by atoms with Gasteiger partial charge in [0, 0.05) is 19.4 Å². The van der Waals surface area contributed by atoms with Gasteiger partial charge in [-0.3, -0.25) is 4.79 Å². The maximum Gasteiger partial charge on any atom is 0.220 e. The van der Waals surface area contributed by atoms with Gasteiger partial charge in [-0.15, -0.1) is 0 Å². The Morgan fingerprint density at radius 3 is 2.50 bits per heavy atom. The standard InChI is InChI=1S/C14H27FN2O3/c1-4-6-12(15)7-8-13(18)16-9-5-10-17(2,3)11-14(19)20/h12H,4-11H2,1-3H3,(H-,16,18,19,20). The topological polar surface area (TPSA) is 69.2 Å². The Morgan fingerprint density at radius 1 is 1.30 bits per heavy atom. The number of carbonyl (C=O) groups excluding carboxylic acids is 2. The van der Waals surface area contributed by atoms with E-state index in [0.29, 0.717) is 30.4 Å². The first kappa shape index (κ1) is 18.8. The highest BCUT2D eigenvalue weighted by Gasteiger charge is 2.15. The molecule has 5 nitrogen and oxygen atoms in total. The molecule has 0 aromatic rings. The van der Waals surface area contributed by atoms with Gasteiger partial charge in [0.1, 0.15) is 12.7 Å². The Morgan fingerprint density at radius 2 is 1.95 bits per heavy atom. The molecule has 0 radical (unpaired) electrons. The molecule has 0 aromatic heterocycles. The zero-order valence-corrected chi connectivity index (χ0v) is 12.8. The molecule has 0 aliphatic carbocycles. The Balaban J connectivity index is 3.69. The number of quaternary nitrogens is 1. The lowest BCUT2D eigenvalue weighted by Crippen LogP contribution is -2.49. The lowest BCUT2D eigenvalue weighted by molar-refractivity contribution is -0.884. The van der Waals surface area contributed by atoms with Crippen molar-refractivity contribution in [2.75, 3.05) is 33.7 Å². The van der Waals surface area contributed by atoms with E-state index in [1.807, 2.05) is 6.92 Å². The number of nitrogens with zero attached hydrogens (tertiary/aromatic N) is 1. The normalized spacial score (nSPS) is 13.0.